The van der Waals surface area contributed by atoms with Gasteiger partial charge >= 0.3 is 0 Å². The van der Waals surface area contributed by atoms with E-state index in [1.54, 1.807) is 37.3 Å². The van der Waals surface area contributed by atoms with E-state index in [1.165, 1.54) is 4.31 Å². The summed E-state index contributed by atoms with van der Waals surface area (Å²) < 4.78 is 27.1. The van der Waals surface area contributed by atoms with Crippen LogP contribution in [0.4, 0.5) is 0 Å². The second kappa shape index (κ2) is 5.89. The van der Waals surface area contributed by atoms with E-state index in [-0.39, 0.29) is 22.9 Å². The number of sulfonamides is 1. The third kappa shape index (κ3) is 2.77. The van der Waals surface area contributed by atoms with Gasteiger partial charge in [0.1, 0.15) is 6.04 Å². The van der Waals surface area contributed by atoms with Crippen molar-refractivity contribution in [2.45, 2.75) is 36.4 Å². The fourth-order valence-corrected chi connectivity index (χ4v) is 5.12. The van der Waals surface area contributed by atoms with E-state index in [4.69, 9.17) is 0 Å². The van der Waals surface area contributed by atoms with Crippen molar-refractivity contribution in [3.05, 3.63) is 30.3 Å². The SMILES string of the molecule is C[C@H]1C(=O)N2C[C@@H](N(C)C)C[C@H]2CN1S(=O)(=O)c1ccccc1. The summed E-state index contributed by atoms with van der Waals surface area (Å²) >= 11 is 0. The molecule has 1 amide bonds. The lowest BCUT2D eigenvalue weighted by molar-refractivity contribution is -0.139. The molecule has 126 valence electrons. The molecule has 0 N–H and O–H groups in total. The molecule has 23 heavy (non-hydrogen) atoms. The van der Waals surface area contributed by atoms with Gasteiger partial charge in [0.25, 0.3) is 0 Å². The fraction of sp³-hybridized carbons (Fsp3) is 0.562. The highest BCUT2D eigenvalue weighted by molar-refractivity contribution is 7.89. The number of rotatable bonds is 3. The van der Waals surface area contributed by atoms with Gasteiger partial charge in [-0.2, -0.15) is 4.31 Å². The largest absolute Gasteiger partial charge is 0.335 e. The molecule has 2 heterocycles. The van der Waals surface area contributed by atoms with Crippen molar-refractivity contribution in [2.75, 3.05) is 27.2 Å². The van der Waals surface area contributed by atoms with Crippen LogP contribution >= 0.6 is 0 Å². The minimum atomic E-state index is -3.65. The summed E-state index contributed by atoms with van der Waals surface area (Å²) in [6, 6.07) is 7.94. The molecule has 0 saturated carbocycles. The Balaban J connectivity index is 1.89. The number of carbonyl (C=O) groups is 1. The molecule has 2 saturated heterocycles. The molecule has 3 atom stereocenters. The molecule has 0 aromatic heterocycles. The zero-order valence-electron chi connectivity index (χ0n) is 13.7. The van der Waals surface area contributed by atoms with Gasteiger partial charge in [0.15, 0.2) is 0 Å². The Morgan fingerprint density at radius 1 is 1.13 bits per heavy atom. The van der Waals surface area contributed by atoms with Crippen LogP contribution < -0.4 is 0 Å². The normalized spacial score (nSPS) is 29.1. The van der Waals surface area contributed by atoms with Gasteiger partial charge in [0.2, 0.25) is 15.9 Å². The summed E-state index contributed by atoms with van der Waals surface area (Å²) in [6.45, 7) is 2.73. The Hall–Kier alpha value is -1.44. The van der Waals surface area contributed by atoms with Gasteiger partial charge in [-0.05, 0) is 39.6 Å². The van der Waals surface area contributed by atoms with Crippen LogP contribution in [-0.2, 0) is 14.8 Å². The number of nitrogens with zero attached hydrogens (tertiary/aromatic N) is 3. The molecule has 1 aromatic carbocycles. The van der Waals surface area contributed by atoms with Crippen LogP contribution in [-0.4, -0.2) is 73.7 Å². The number of hydrogen-bond acceptors (Lipinski definition) is 4. The smallest absolute Gasteiger partial charge is 0.243 e. The number of piperazine rings is 1. The molecule has 0 radical (unpaired) electrons. The van der Waals surface area contributed by atoms with Gasteiger partial charge in [-0.15, -0.1) is 0 Å². The van der Waals surface area contributed by atoms with Crippen molar-refractivity contribution < 1.29 is 13.2 Å². The van der Waals surface area contributed by atoms with Crippen molar-refractivity contribution in [2.24, 2.45) is 0 Å². The van der Waals surface area contributed by atoms with E-state index in [0.29, 0.717) is 13.1 Å². The predicted octanol–water partition coefficient (Wildman–Crippen LogP) is 0.611. The molecule has 2 fully saturated rings. The zero-order chi connectivity index (χ0) is 16.8. The highest BCUT2D eigenvalue weighted by atomic mass is 32.2. The van der Waals surface area contributed by atoms with Crippen LogP contribution in [0.2, 0.25) is 0 Å². The average Bonchev–Trinajstić information content (AvgIpc) is 2.96. The van der Waals surface area contributed by atoms with Gasteiger partial charge in [-0.3, -0.25) is 4.79 Å². The van der Waals surface area contributed by atoms with Crippen molar-refractivity contribution in [1.82, 2.24) is 14.1 Å². The molecule has 3 rings (SSSR count). The van der Waals surface area contributed by atoms with Crippen LogP contribution in [0.5, 0.6) is 0 Å². The summed E-state index contributed by atoms with van der Waals surface area (Å²) in [5, 5.41) is 0. The van der Waals surface area contributed by atoms with Crippen molar-refractivity contribution in [1.29, 1.82) is 0 Å². The molecule has 0 spiro atoms. The molecule has 2 aliphatic heterocycles. The minimum absolute atomic E-state index is 0.0374. The highest BCUT2D eigenvalue weighted by Gasteiger charge is 2.47. The van der Waals surface area contributed by atoms with E-state index in [1.807, 2.05) is 19.0 Å². The first-order chi connectivity index (χ1) is 10.8. The van der Waals surface area contributed by atoms with Gasteiger partial charge in [0, 0.05) is 25.2 Å². The molecule has 0 bridgehead atoms. The Bertz CT molecular complexity index is 690. The lowest BCUT2D eigenvalue weighted by Crippen LogP contribution is -2.59. The maximum Gasteiger partial charge on any atom is 0.243 e. The number of fused-ring (bicyclic) bond motifs is 1. The predicted molar refractivity (Wildman–Crippen MR) is 87.4 cm³/mol. The van der Waals surface area contributed by atoms with Crippen molar-refractivity contribution in [3.63, 3.8) is 0 Å². The number of benzene rings is 1. The first kappa shape index (κ1) is 16.4. The van der Waals surface area contributed by atoms with Gasteiger partial charge in [-0.1, -0.05) is 18.2 Å². The molecule has 0 aliphatic carbocycles. The molecule has 6 nitrogen and oxygen atoms in total. The summed E-state index contributed by atoms with van der Waals surface area (Å²) in [6.07, 6.45) is 0.812. The monoisotopic (exact) mass is 337 g/mol. The molecule has 1 aromatic rings. The van der Waals surface area contributed by atoms with Crippen molar-refractivity contribution >= 4 is 15.9 Å². The minimum Gasteiger partial charge on any atom is -0.335 e. The Kier molecular flexibility index (Phi) is 4.20. The number of likely N-dealkylation sites (N-methyl/N-ethyl adjacent to an activating group) is 1. The molecular weight excluding hydrogens is 314 g/mol. The zero-order valence-corrected chi connectivity index (χ0v) is 14.5. The third-order valence-electron chi connectivity index (χ3n) is 4.94. The van der Waals surface area contributed by atoms with Crippen molar-refractivity contribution in [3.8, 4) is 0 Å². The number of amides is 1. The van der Waals surface area contributed by atoms with Gasteiger partial charge < -0.3 is 9.80 Å². The number of hydrogen-bond donors (Lipinski definition) is 0. The van der Waals surface area contributed by atoms with E-state index < -0.39 is 16.1 Å². The van der Waals surface area contributed by atoms with E-state index >= 15 is 0 Å². The molecule has 7 heteroatoms. The fourth-order valence-electron chi connectivity index (χ4n) is 3.47. The van der Waals surface area contributed by atoms with E-state index in [0.717, 1.165) is 6.42 Å². The Morgan fingerprint density at radius 2 is 1.78 bits per heavy atom. The first-order valence-corrected chi connectivity index (χ1v) is 9.30. The van der Waals surface area contributed by atoms with Crippen LogP contribution in [0.15, 0.2) is 35.2 Å². The summed E-state index contributed by atoms with van der Waals surface area (Å²) in [4.78, 5) is 16.9. The topological polar surface area (TPSA) is 60.9 Å². The number of carbonyl (C=O) groups excluding carboxylic acids is 1. The molecule has 2 aliphatic rings. The Labute approximate surface area is 137 Å². The second-order valence-corrected chi connectivity index (χ2v) is 8.45. The standard InChI is InChI=1S/C16H23N3O3S/c1-12-16(20)18-10-13(17(2)3)9-14(18)11-19(12)23(21,22)15-7-5-4-6-8-15/h4-8,12-14H,9-11H2,1-3H3/t12-,13-,14-/m0/s1. The molecular formula is C16H23N3O3S. The van der Waals surface area contributed by atoms with E-state index in [9.17, 15) is 13.2 Å². The lowest BCUT2D eigenvalue weighted by Gasteiger charge is -2.40. The third-order valence-corrected chi connectivity index (χ3v) is 6.89. The highest BCUT2D eigenvalue weighted by Crippen LogP contribution is 2.31. The van der Waals surface area contributed by atoms with Gasteiger partial charge in [0.05, 0.1) is 4.90 Å². The summed E-state index contributed by atoms with van der Waals surface area (Å²) in [5.74, 6) is -0.0925. The lowest BCUT2D eigenvalue weighted by atomic mass is 10.1. The second-order valence-electron chi connectivity index (χ2n) is 6.56. The average molecular weight is 337 g/mol. The summed E-state index contributed by atoms with van der Waals surface area (Å²) in [5.41, 5.74) is 0. The molecule has 0 unspecified atom stereocenters. The summed E-state index contributed by atoms with van der Waals surface area (Å²) in [7, 11) is 0.343. The quantitative estimate of drug-likeness (QED) is 0.811. The van der Waals surface area contributed by atoms with E-state index in [2.05, 4.69) is 4.90 Å². The van der Waals surface area contributed by atoms with Crippen LogP contribution in [0.3, 0.4) is 0 Å². The Morgan fingerprint density at radius 3 is 2.39 bits per heavy atom. The maximum absolute atomic E-state index is 12.9. The van der Waals surface area contributed by atoms with Crippen LogP contribution in [0.25, 0.3) is 0 Å². The van der Waals surface area contributed by atoms with Crippen LogP contribution in [0, 0.1) is 0 Å². The van der Waals surface area contributed by atoms with Crippen LogP contribution in [0.1, 0.15) is 13.3 Å². The maximum atomic E-state index is 12.9. The first-order valence-electron chi connectivity index (χ1n) is 7.86. The van der Waals surface area contributed by atoms with Gasteiger partial charge in [-0.25, -0.2) is 8.42 Å².